The molecular weight excluding hydrogens is 476 g/mol. The van der Waals surface area contributed by atoms with E-state index in [4.69, 9.17) is 4.74 Å². The molecule has 0 amide bonds. The standard InChI is InChI=1S/C32H42F4O/c1-3-5-7-8-9-10-12-22-37-28-21-20-27(31(35)32(28)36)26-19-18-25(29(33)30(26)34)24-16-14-23(15-17-24)13-11-6-4-2/h6,11,18-21,23-24H,3-5,7-10,12-17,22H2,1-2H3/b11-6-. The summed E-state index contributed by atoms with van der Waals surface area (Å²) >= 11 is 0. The lowest BCUT2D eigenvalue weighted by Gasteiger charge is -2.28. The van der Waals surface area contributed by atoms with E-state index in [1.165, 1.54) is 49.9 Å². The Morgan fingerprint density at radius 1 is 0.703 bits per heavy atom. The number of ether oxygens (including phenoxy) is 1. The number of unbranched alkanes of at least 4 members (excludes halogenated alkanes) is 6. The van der Waals surface area contributed by atoms with Crippen molar-refractivity contribution >= 4 is 0 Å². The maximum absolute atomic E-state index is 15.1. The van der Waals surface area contributed by atoms with Gasteiger partial charge in [-0.05, 0) is 74.5 Å². The fraction of sp³-hybridized carbons (Fsp3) is 0.562. The van der Waals surface area contributed by atoms with Crippen LogP contribution >= 0.6 is 0 Å². The summed E-state index contributed by atoms with van der Waals surface area (Å²) in [6, 6.07) is 5.48. The summed E-state index contributed by atoms with van der Waals surface area (Å²) in [6.45, 7) is 4.57. The second-order valence-corrected chi connectivity index (χ2v) is 10.4. The molecule has 1 aliphatic rings. The van der Waals surface area contributed by atoms with E-state index in [1.54, 1.807) is 0 Å². The molecule has 0 aliphatic heterocycles. The van der Waals surface area contributed by atoms with Gasteiger partial charge >= 0.3 is 0 Å². The number of hydrogen-bond donors (Lipinski definition) is 0. The lowest BCUT2D eigenvalue weighted by atomic mass is 9.77. The zero-order valence-corrected chi connectivity index (χ0v) is 22.4. The zero-order chi connectivity index (χ0) is 26.6. The predicted molar refractivity (Wildman–Crippen MR) is 144 cm³/mol. The number of halogens is 4. The molecule has 0 unspecified atom stereocenters. The third-order valence-electron chi connectivity index (χ3n) is 7.61. The Balaban J connectivity index is 1.61. The predicted octanol–water partition coefficient (Wildman–Crippen LogP) is 10.7. The highest BCUT2D eigenvalue weighted by Gasteiger charge is 2.27. The largest absolute Gasteiger partial charge is 0.490 e. The Labute approximate surface area is 220 Å². The van der Waals surface area contributed by atoms with E-state index in [0.29, 0.717) is 11.5 Å². The SMILES string of the molecule is CC/C=C\CC1CCC(c2ccc(-c3ccc(OCCCCCCCCC)c(F)c3F)c(F)c2F)CC1. The topological polar surface area (TPSA) is 9.23 Å². The number of hydrogen-bond acceptors (Lipinski definition) is 1. The van der Waals surface area contributed by atoms with Crippen LogP contribution in [0.1, 0.15) is 109 Å². The van der Waals surface area contributed by atoms with Crippen LogP contribution in [-0.4, -0.2) is 6.61 Å². The Morgan fingerprint density at radius 2 is 1.32 bits per heavy atom. The molecule has 0 saturated heterocycles. The molecule has 0 radical (unpaired) electrons. The van der Waals surface area contributed by atoms with Gasteiger partial charge in [0.1, 0.15) is 0 Å². The minimum absolute atomic E-state index is 0.0565. The van der Waals surface area contributed by atoms with Crippen LogP contribution in [0.4, 0.5) is 17.6 Å². The van der Waals surface area contributed by atoms with Crippen molar-refractivity contribution in [3.8, 4) is 16.9 Å². The third kappa shape index (κ3) is 8.09. The molecule has 0 bridgehead atoms. The van der Waals surface area contributed by atoms with Gasteiger partial charge in [0.05, 0.1) is 6.61 Å². The summed E-state index contributed by atoms with van der Waals surface area (Å²) in [5, 5.41) is 0. The van der Waals surface area contributed by atoms with Crippen molar-refractivity contribution in [3.05, 3.63) is 65.2 Å². The summed E-state index contributed by atoms with van der Waals surface area (Å²) in [5.41, 5.74) is -0.232. The van der Waals surface area contributed by atoms with Gasteiger partial charge in [0.25, 0.3) is 0 Å². The smallest absolute Gasteiger partial charge is 0.201 e. The lowest BCUT2D eigenvalue weighted by Crippen LogP contribution is -2.14. The van der Waals surface area contributed by atoms with Gasteiger partial charge in [-0.3, -0.25) is 0 Å². The maximum Gasteiger partial charge on any atom is 0.201 e. The molecule has 2 aromatic rings. The minimum atomic E-state index is -1.22. The van der Waals surface area contributed by atoms with Crippen LogP contribution in [0, 0.1) is 29.2 Å². The summed E-state index contributed by atoms with van der Waals surface area (Å²) in [7, 11) is 0. The van der Waals surface area contributed by atoms with E-state index >= 15 is 8.78 Å². The summed E-state index contributed by atoms with van der Waals surface area (Å²) < 4.78 is 65.2. The van der Waals surface area contributed by atoms with Gasteiger partial charge in [-0.1, -0.05) is 76.7 Å². The Kier molecular flexibility index (Phi) is 12.0. The quantitative estimate of drug-likeness (QED) is 0.137. The third-order valence-corrected chi connectivity index (χ3v) is 7.61. The molecule has 1 saturated carbocycles. The van der Waals surface area contributed by atoms with E-state index in [9.17, 15) is 8.78 Å². The van der Waals surface area contributed by atoms with Crippen molar-refractivity contribution < 1.29 is 22.3 Å². The van der Waals surface area contributed by atoms with Gasteiger partial charge in [0.15, 0.2) is 23.2 Å². The van der Waals surface area contributed by atoms with Crippen LogP contribution in [0.5, 0.6) is 5.75 Å². The van der Waals surface area contributed by atoms with Crippen LogP contribution in [0.2, 0.25) is 0 Å². The van der Waals surface area contributed by atoms with Crippen molar-refractivity contribution in [2.45, 2.75) is 103 Å². The highest BCUT2D eigenvalue weighted by atomic mass is 19.2. The van der Waals surface area contributed by atoms with E-state index < -0.39 is 23.3 Å². The van der Waals surface area contributed by atoms with Crippen LogP contribution in [0.3, 0.4) is 0 Å². The molecule has 0 heterocycles. The summed E-state index contributed by atoms with van der Waals surface area (Å²) in [4.78, 5) is 0. The first-order chi connectivity index (χ1) is 18.0. The van der Waals surface area contributed by atoms with Gasteiger partial charge in [-0.15, -0.1) is 0 Å². The highest BCUT2D eigenvalue weighted by molar-refractivity contribution is 5.66. The van der Waals surface area contributed by atoms with Crippen LogP contribution in [0.15, 0.2) is 36.4 Å². The molecule has 0 atom stereocenters. The normalized spacial score (nSPS) is 18.0. The molecule has 2 aromatic carbocycles. The van der Waals surface area contributed by atoms with Crippen molar-refractivity contribution in [1.29, 1.82) is 0 Å². The first-order valence-electron chi connectivity index (χ1n) is 14.2. The van der Waals surface area contributed by atoms with Gasteiger partial charge < -0.3 is 4.74 Å². The zero-order valence-electron chi connectivity index (χ0n) is 22.4. The van der Waals surface area contributed by atoms with E-state index in [-0.39, 0.29) is 29.4 Å². The molecule has 1 nitrogen and oxygen atoms in total. The monoisotopic (exact) mass is 518 g/mol. The lowest BCUT2D eigenvalue weighted by molar-refractivity contribution is 0.285. The Morgan fingerprint density at radius 3 is 2.00 bits per heavy atom. The van der Waals surface area contributed by atoms with Gasteiger partial charge in [0.2, 0.25) is 5.82 Å². The van der Waals surface area contributed by atoms with Gasteiger partial charge in [-0.25, -0.2) is 13.2 Å². The second kappa shape index (κ2) is 15.2. The van der Waals surface area contributed by atoms with Crippen LogP contribution in [-0.2, 0) is 0 Å². The molecule has 0 aromatic heterocycles. The molecule has 3 rings (SSSR count). The highest BCUT2D eigenvalue weighted by Crippen LogP contribution is 2.40. The van der Waals surface area contributed by atoms with Gasteiger partial charge in [-0.2, -0.15) is 4.39 Å². The summed E-state index contributed by atoms with van der Waals surface area (Å²) in [6.07, 6.45) is 17.6. The number of benzene rings is 2. The van der Waals surface area contributed by atoms with Crippen LogP contribution < -0.4 is 4.74 Å². The van der Waals surface area contributed by atoms with Crippen molar-refractivity contribution in [2.24, 2.45) is 5.92 Å². The molecular formula is C32H42F4O. The molecule has 0 N–H and O–H groups in total. The fourth-order valence-electron chi connectivity index (χ4n) is 5.34. The molecule has 1 fully saturated rings. The Bertz CT molecular complexity index is 1010. The molecule has 204 valence electrons. The minimum Gasteiger partial charge on any atom is -0.490 e. The van der Waals surface area contributed by atoms with E-state index in [1.807, 2.05) is 0 Å². The summed E-state index contributed by atoms with van der Waals surface area (Å²) in [5.74, 6) is -4.14. The van der Waals surface area contributed by atoms with Crippen molar-refractivity contribution in [1.82, 2.24) is 0 Å². The van der Waals surface area contributed by atoms with Crippen molar-refractivity contribution in [2.75, 3.05) is 6.61 Å². The molecule has 0 spiro atoms. The molecule has 1 aliphatic carbocycles. The average molecular weight is 519 g/mol. The van der Waals surface area contributed by atoms with E-state index in [2.05, 4.69) is 26.0 Å². The first-order valence-corrected chi connectivity index (χ1v) is 14.2. The first kappa shape index (κ1) is 29.3. The second-order valence-electron chi connectivity index (χ2n) is 10.4. The average Bonchev–Trinajstić information content (AvgIpc) is 2.91. The Hall–Kier alpha value is -2.30. The van der Waals surface area contributed by atoms with Crippen LogP contribution in [0.25, 0.3) is 11.1 Å². The number of allylic oxidation sites excluding steroid dienone is 2. The van der Waals surface area contributed by atoms with Gasteiger partial charge in [0, 0.05) is 11.1 Å². The van der Waals surface area contributed by atoms with E-state index in [0.717, 1.165) is 57.8 Å². The molecule has 37 heavy (non-hydrogen) atoms. The number of rotatable bonds is 14. The fourth-order valence-corrected chi connectivity index (χ4v) is 5.34. The molecule has 5 heteroatoms. The van der Waals surface area contributed by atoms with Crippen molar-refractivity contribution in [3.63, 3.8) is 0 Å². The maximum atomic E-state index is 15.1.